The highest BCUT2D eigenvalue weighted by Crippen LogP contribution is 2.30. The van der Waals surface area contributed by atoms with Gasteiger partial charge in [-0.1, -0.05) is 0 Å². The summed E-state index contributed by atoms with van der Waals surface area (Å²) in [5.74, 6) is -0.744. The second-order valence-electron chi connectivity index (χ2n) is 4.52. The minimum atomic E-state index is -0.666. The van der Waals surface area contributed by atoms with Crippen LogP contribution in [0.25, 0.3) is 0 Å². The molecule has 0 unspecified atom stereocenters. The predicted octanol–water partition coefficient (Wildman–Crippen LogP) is 0.795. The van der Waals surface area contributed by atoms with Gasteiger partial charge in [0, 0.05) is 7.05 Å². The normalized spacial score (nSPS) is 23.5. The fourth-order valence-electron chi connectivity index (χ4n) is 1.34. The number of hydrogen-bond acceptors (Lipinski definition) is 4. The van der Waals surface area contributed by atoms with Gasteiger partial charge in [-0.25, -0.2) is 5.06 Å². The fraction of sp³-hybridized carbons (Fsp3) is 0.900. The van der Waals surface area contributed by atoms with E-state index in [4.69, 9.17) is 14.3 Å². The number of carbonyl (C=O) groups excluding carboxylic acids is 1. The van der Waals surface area contributed by atoms with Crippen molar-refractivity contribution < 1.29 is 19.1 Å². The molecule has 1 rings (SSSR count). The van der Waals surface area contributed by atoms with Gasteiger partial charge in [0.05, 0.1) is 25.7 Å². The van der Waals surface area contributed by atoms with Crippen LogP contribution in [0, 0.1) is 5.41 Å². The molecule has 1 saturated heterocycles. The van der Waals surface area contributed by atoms with Crippen LogP contribution < -0.4 is 0 Å². The lowest BCUT2D eigenvalue weighted by Crippen LogP contribution is -2.52. The van der Waals surface area contributed by atoms with Crippen molar-refractivity contribution in [3.05, 3.63) is 0 Å². The van der Waals surface area contributed by atoms with E-state index >= 15 is 0 Å². The Morgan fingerprint density at radius 1 is 1.27 bits per heavy atom. The molecule has 0 saturated carbocycles. The van der Waals surface area contributed by atoms with Gasteiger partial charge < -0.3 is 9.47 Å². The molecule has 0 N–H and O–H groups in total. The predicted molar refractivity (Wildman–Crippen MR) is 53.9 cm³/mol. The SMILES string of the molecule is CON(C)C(=O)C1(C)COC(C)(C)OC1. The van der Waals surface area contributed by atoms with Crippen molar-refractivity contribution in [1.82, 2.24) is 5.06 Å². The van der Waals surface area contributed by atoms with Crippen molar-refractivity contribution in [1.29, 1.82) is 0 Å². The van der Waals surface area contributed by atoms with Gasteiger partial charge in [0.15, 0.2) is 5.79 Å². The number of carbonyl (C=O) groups is 1. The second kappa shape index (κ2) is 4.08. The number of nitrogens with zero attached hydrogens (tertiary/aromatic N) is 1. The van der Waals surface area contributed by atoms with E-state index in [1.807, 2.05) is 13.8 Å². The zero-order valence-corrected chi connectivity index (χ0v) is 9.99. The lowest BCUT2D eigenvalue weighted by atomic mass is 9.90. The van der Waals surface area contributed by atoms with Gasteiger partial charge >= 0.3 is 0 Å². The van der Waals surface area contributed by atoms with Gasteiger partial charge in [-0.2, -0.15) is 0 Å². The van der Waals surface area contributed by atoms with E-state index in [0.29, 0.717) is 13.2 Å². The van der Waals surface area contributed by atoms with Crippen molar-refractivity contribution in [3.8, 4) is 0 Å². The van der Waals surface area contributed by atoms with Crippen LogP contribution in [-0.2, 0) is 19.1 Å². The van der Waals surface area contributed by atoms with E-state index in [9.17, 15) is 4.79 Å². The Balaban J connectivity index is 2.66. The van der Waals surface area contributed by atoms with Crippen LogP contribution in [0.15, 0.2) is 0 Å². The van der Waals surface area contributed by atoms with Crippen molar-refractivity contribution >= 4 is 5.91 Å². The molecule has 0 aromatic rings. The summed E-state index contributed by atoms with van der Waals surface area (Å²) in [4.78, 5) is 16.8. The van der Waals surface area contributed by atoms with Crippen LogP contribution in [0.5, 0.6) is 0 Å². The summed E-state index contributed by atoms with van der Waals surface area (Å²) < 4.78 is 10.9. The molecular weight excluding hydrogens is 198 g/mol. The maximum absolute atomic E-state index is 11.9. The third kappa shape index (κ3) is 2.68. The average molecular weight is 217 g/mol. The molecule has 1 aliphatic heterocycles. The number of hydroxylamine groups is 2. The molecule has 0 aromatic heterocycles. The Bertz CT molecular complexity index is 242. The zero-order valence-electron chi connectivity index (χ0n) is 9.99. The maximum Gasteiger partial charge on any atom is 0.256 e. The van der Waals surface area contributed by atoms with Gasteiger partial charge in [-0.05, 0) is 20.8 Å². The first-order chi connectivity index (χ1) is 6.81. The smallest absolute Gasteiger partial charge is 0.256 e. The van der Waals surface area contributed by atoms with E-state index in [1.54, 1.807) is 14.0 Å². The number of hydrogen-bond donors (Lipinski definition) is 0. The Hall–Kier alpha value is -0.650. The quantitative estimate of drug-likeness (QED) is 0.642. The summed E-state index contributed by atoms with van der Waals surface area (Å²) in [5, 5.41) is 1.20. The molecule has 0 aromatic carbocycles. The van der Waals surface area contributed by atoms with Gasteiger partial charge in [-0.15, -0.1) is 0 Å². The molecule has 15 heavy (non-hydrogen) atoms. The number of ether oxygens (including phenoxy) is 2. The summed E-state index contributed by atoms with van der Waals surface area (Å²) in [6.07, 6.45) is 0. The van der Waals surface area contributed by atoms with E-state index in [0.717, 1.165) is 0 Å². The largest absolute Gasteiger partial charge is 0.349 e. The molecule has 1 amide bonds. The first-order valence-corrected chi connectivity index (χ1v) is 4.91. The molecule has 0 aliphatic carbocycles. The molecule has 0 spiro atoms. The van der Waals surface area contributed by atoms with Crippen molar-refractivity contribution in [2.75, 3.05) is 27.4 Å². The third-order valence-electron chi connectivity index (χ3n) is 2.55. The zero-order chi connectivity index (χ0) is 11.7. The molecule has 5 nitrogen and oxygen atoms in total. The lowest BCUT2D eigenvalue weighted by Gasteiger charge is -2.41. The van der Waals surface area contributed by atoms with E-state index in [1.165, 1.54) is 12.2 Å². The number of amides is 1. The molecule has 0 bridgehead atoms. The van der Waals surface area contributed by atoms with E-state index in [2.05, 4.69) is 0 Å². The first kappa shape index (κ1) is 12.4. The van der Waals surface area contributed by atoms with Crippen LogP contribution in [0.3, 0.4) is 0 Å². The van der Waals surface area contributed by atoms with Gasteiger partial charge in [0.25, 0.3) is 5.91 Å². The molecule has 5 heteroatoms. The van der Waals surface area contributed by atoms with Gasteiger partial charge in [0.2, 0.25) is 0 Å². The molecule has 1 aliphatic rings. The van der Waals surface area contributed by atoms with Crippen LogP contribution in [0.1, 0.15) is 20.8 Å². The molecular formula is C10H19NO4. The van der Waals surface area contributed by atoms with Crippen LogP contribution in [0.4, 0.5) is 0 Å². The monoisotopic (exact) mass is 217 g/mol. The van der Waals surface area contributed by atoms with Crippen LogP contribution in [-0.4, -0.2) is 44.1 Å². The third-order valence-corrected chi connectivity index (χ3v) is 2.55. The lowest BCUT2D eigenvalue weighted by molar-refractivity contribution is -0.283. The average Bonchev–Trinajstić information content (AvgIpc) is 2.21. The minimum Gasteiger partial charge on any atom is -0.349 e. The summed E-state index contributed by atoms with van der Waals surface area (Å²) in [5.41, 5.74) is -0.666. The van der Waals surface area contributed by atoms with Gasteiger partial charge in [-0.3, -0.25) is 9.63 Å². The van der Waals surface area contributed by atoms with Crippen molar-refractivity contribution in [2.24, 2.45) is 5.41 Å². The molecule has 88 valence electrons. The highest BCUT2D eigenvalue weighted by Gasteiger charge is 2.43. The van der Waals surface area contributed by atoms with Crippen molar-refractivity contribution in [3.63, 3.8) is 0 Å². The Morgan fingerprint density at radius 3 is 2.13 bits per heavy atom. The molecule has 1 fully saturated rings. The summed E-state index contributed by atoms with van der Waals surface area (Å²) in [6.45, 7) is 6.15. The first-order valence-electron chi connectivity index (χ1n) is 4.91. The summed E-state index contributed by atoms with van der Waals surface area (Å²) >= 11 is 0. The van der Waals surface area contributed by atoms with Crippen molar-refractivity contribution in [2.45, 2.75) is 26.6 Å². The minimum absolute atomic E-state index is 0.138. The maximum atomic E-state index is 11.9. The topological polar surface area (TPSA) is 48.0 Å². The Labute approximate surface area is 90.2 Å². The summed E-state index contributed by atoms with van der Waals surface area (Å²) in [6, 6.07) is 0. The van der Waals surface area contributed by atoms with Crippen LogP contribution in [0.2, 0.25) is 0 Å². The highest BCUT2D eigenvalue weighted by atomic mass is 16.7. The molecule has 1 heterocycles. The molecule has 0 radical (unpaired) electrons. The van der Waals surface area contributed by atoms with E-state index < -0.39 is 11.2 Å². The van der Waals surface area contributed by atoms with Gasteiger partial charge in [0.1, 0.15) is 0 Å². The Kier molecular flexibility index (Phi) is 3.38. The van der Waals surface area contributed by atoms with E-state index in [-0.39, 0.29) is 5.91 Å². The molecule has 0 atom stereocenters. The highest BCUT2D eigenvalue weighted by molar-refractivity contribution is 5.81. The fourth-order valence-corrected chi connectivity index (χ4v) is 1.34. The Morgan fingerprint density at radius 2 is 1.73 bits per heavy atom. The standard InChI is InChI=1S/C10H19NO4/c1-9(2)14-6-10(3,7-15-9)8(12)11(4)13-5/h6-7H2,1-5H3. The second-order valence-corrected chi connectivity index (χ2v) is 4.52. The van der Waals surface area contributed by atoms with Crippen LogP contribution >= 0.6 is 0 Å². The number of rotatable bonds is 2. The summed E-state index contributed by atoms with van der Waals surface area (Å²) in [7, 11) is 3.03.